The van der Waals surface area contributed by atoms with Gasteiger partial charge in [-0.05, 0) is 23.7 Å². The van der Waals surface area contributed by atoms with Gasteiger partial charge >= 0.3 is 0 Å². The fourth-order valence-corrected chi connectivity index (χ4v) is 0.721. The molecule has 2 heterocycles. The number of aromatic nitrogens is 3. The van der Waals surface area contributed by atoms with Crippen molar-refractivity contribution in [2.24, 2.45) is 0 Å². The topological polar surface area (TPSA) is 38.7 Å². The monoisotopic (exact) mass is 241 g/mol. The SMILES string of the molecule is C.CC.CC.c1ccncc1.c1csnn1. The van der Waals surface area contributed by atoms with Gasteiger partial charge < -0.3 is 0 Å². The molecule has 92 valence electrons. The zero-order valence-corrected chi connectivity index (χ0v) is 10.6. The fourth-order valence-electron chi connectivity index (χ4n) is 0.449. The van der Waals surface area contributed by atoms with E-state index >= 15 is 0 Å². The second-order valence-electron chi connectivity index (χ2n) is 1.61. The van der Waals surface area contributed by atoms with Crippen LogP contribution in [0.15, 0.2) is 42.2 Å². The maximum atomic E-state index is 3.78. The number of pyridine rings is 1. The standard InChI is InChI=1S/C5H5N.C2H2N2S.2C2H6.CH4/c1-2-4-6-5-3-1;1-2-5-4-3-1;2*1-2;/h1-5H;1-2H;2*1-2H3;1H4. The van der Waals surface area contributed by atoms with Crippen LogP contribution in [0.1, 0.15) is 35.1 Å². The Balaban J connectivity index is -0.000000156. The summed E-state index contributed by atoms with van der Waals surface area (Å²) in [4.78, 5) is 3.78. The van der Waals surface area contributed by atoms with E-state index in [2.05, 4.69) is 14.6 Å². The van der Waals surface area contributed by atoms with Gasteiger partial charge in [0.15, 0.2) is 0 Å². The average molecular weight is 241 g/mol. The van der Waals surface area contributed by atoms with Crippen LogP contribution in [0.5, 0.6) is 0 Å². The molecule has 0 amide bonds. The van der Waals surface area contributed by atoms with E-state index in [1.54, 1.807) is 18.6 Å². The predicted molar refractivity (Wildman–Crippen MR) is 73.6 cm³/mol. The largest absolute Gasteiger partial charge is 0.265 e. The van der Waals surface area contributed by atoms with Gasteiger partial charge in [-0.25, -0.2) is 0 Å². The molecule has 0 aromatic carbocycles. The molecule has 0 aliphatic heterocycles. The molecule has 2 aromatic rings. The first-order valence-corrected chi connectivity index (χ1v) is 5.90. The van der Waals surface area contributed by atoms with Crippen molar-refractivity contribution >= 4 is 11.5 Å². The third-order valence-corrected chi connectivity index (χ3v) is 1.28. The van der Waals surface area contributed by atoms with Gasteiger partial charge in [0, 0.05) is 17.8 Å². The first kappa shape index (κ1) is 20.2. The second-order valence-corrected chi connectivity index (χ2v) is 2.26. The number of rotatable bonds is 0. The first-order valence-electron chi connectivity index (χ1n) is 5.06. The second kappa shape index (κ2) is 23.5. The maximum absolute atomic E-state index is 3.78. The number of hydrogen-bond donors (Lipinski definition) is 0. The van der Waals surface area contributed by atoms with Crippen LogP contribution in [-0.2, 0) is 0 Å². The molecule has 0 N–H and O–H groups in total. The van der Waals surface area contributed by atoms with Gasteiger partial charge in [0.1, 0.15) is 0 Å². The van der Waals surface area contributed by atoms with Crippen molar-refractivity contribution in [1.82, 2.24) is 14.6 Å². The van der Waals surface area contributed by atoms with Gasteiger partial charge in [0.05, 0.1) is 6.20 Å². The van der Waals surface area contributed by atoms with Gasteiger partial charge in [0.25, 0.3) is 0 Å². The highest BCUT2D eigenvalue weighted by atomic mass is 32.1. The van der Waals surface area contributed by atoms with E-state index in [-0.39, 0.29) is 7.43 Å². The van der Waals surface area contributed by atoms with Crippen LogP contribution in [0, 0.1) is 0 Å². The summed E-state index contributed by atoms with van der Waals surface area (Å²) in [7, 11) is 0. The van der Waals surface area contributed by atoms with Crippen LogP contribution in [0.4, 0.5) is 0 Å². The van der Waals surface area contributed by atoms with Crippen molar-refractivity contribution in [3.05, 3.63) is 42.2 Å². The molecule has 0 fully saturated rings. The summed E-state index contributed by atoms with van der Waals surface area (Å²) in [5, 5.41) is 5.31. The van der Waals surface area contributed by atoms with Gasteiger partial charge in [-0.15, -0.1) is 5.10 Å². The smallest absolute Gasteiger partial charge is 0.0620 e. The lowest BCUT2D eigenvalue weighted by Crippen LogP contribution is -1.58. The molecule has 0 atom stereocenters. The molecule has 0 aliphatic carbocycles. The zero-order valence-electron chi connectivity index (χ0n) is 9.79. The third kappa shape index (κ3) is 18.5. The van der Waals surface area contributed by atoms with Crippen LogP contribution in [0.2, 0.25) is 0 Å². The molecule has 0 spiro atoms. The highest BCUT2D eigenvalue weighted by molar-refractivity contribution is 7.03. The van der Waals surface area contributed by atoms with E-state index in [9.17, 15) is 0 Å². The molecule has 0 unspecified atom stereocenters. The highest BCUT2D eigenvalue weighted by Gasteiger charge is 1.61. The summed E-state index contributed by atoms with van der Waals surface area (Å²) in [5.74, 6) is 0. The Morgan fingerprint density at radius 1 is 0.812 bits per heavy atom. The predicted octanol–water partition coefficient (Wildman–Crippen LogP) is 4.31. The van der Waals surface area contributed by atoms with E-state index in [1.165, 1.54) is 11.5 Å². The van der Waals surface area contributed by atoms with Crippen molar-refractivity contribution < 1.29 is 0 Å². The molecule has 16 heavy (non-hydrogen) atoms. The van der Waals surface area contributed by atoms with Gasteiger partial charge in [-0.2, -0.15) is 0 Å². The molecule has 2 rings (SSSR count). The number of nitrogens with zero attached hydrogens (tertiary/aromatic N) is 3. The summed E-state index contributed by atoms with van der Waals surface area (Å²) in [5.41, 5.74) is 0. The Morgan fingerprint density at radius 3 is 1.50 bits per heavy atom. The van der Waals surface area contributed by atoms with E-state index in [0.717, 1.165) is 0 Å². The Hall–Kier alpha value is -1.29. The summed E-state index contributed by atoms with van der Waals surface area (Å²) >= 11 is 1.35. The van der Waals surface area contributed by atoms with Crippen LogP contribution >= 0.6 is 11.5 Å². The summed E-state index contributed by atoms with van der Waals surface area (Å²) in [6.45, 7) is 8.00. The molecule has 0 saturated carbocycles. The summed E-state index contributed by atoms with van der Waals surface area (Å²) in [6, 6.07) is 5.72. The number of hydrogen-bond acceptors (Lipinski definition) is 4. The van der Waals surface area contributed by atoms with Crippen LogP contribution < -0.4 is 0 Å². The third-order valence-electron chi connectivity index (χ3n) is 0.849. The van der Waals surface area contributed by atoms with Crippen molar-refractivity contribution in [3.8, 4) is 0 Å². The van der Waals surface area contributed by atoms with E-state index < -0.39 is 0 Å². The van der Waals surface area contributed by atoms with Gasteiger partial charge in [-0.3, -0.25) is 4.98 Å². The van der Waals surface area contributed by atoms with E-state index in [1.807, 2.05) is 51.3 Å². The van der Waals surface area contributed by atoms with Crippen LogP contribution in [-0.4, -0.2) is 14.6 Å². The minimum atomic E-state index is 0. The summed E-state index contributed by atoms with van der Waals surface area (Å²) in [6.07, 6.45) is 5.16. The quantitative estimate of drug-likeness (QED) is 0.690. The van der Waals surface area contributed by atoms with Crippen LogP contribution in [0.25, 0.3) is 0 Å². The zero-order chi connectivity index (χ0) is 11.8. The minimum Gasteiger partial charge on any atom is -0.265 e. The molecule has 4 heteroatoms. The Labute approximate surface area is 104 Å². The van der Waals surface area contributed by atoms with Gasteiger partial charge in [-0.1, -0.05) is 45.7 Å². The lowest BCUT2D eigenvalue weighted by molar-refractivity contribution is 1.16. The lowest BCUT2D eigenvalue weighted by atomic mass is 10.5. The molecule has 0 saturated heterocycles. The fraction of sp³-hybridized carbons (Fsp3) is 0.417. The van der Waals surface area contributed by atoms with Crippen molar-refractivity contribution in [2.45, 2.75) is 35.1 Å². The minimum absolute atomic E-state index is 0. The van der Waals surface area contributed by atoms with Crippen molar-refractivity contribution in [3.63, 3.8) is 0 Å². The van der Waals surface area contributed by atoms with Crippen LogP contribution in [0.3, 0.4) is 0 Å². The Morgan fingerprint density at radius 2 is 1.38 bits per heavy atom. The van der Waals surface area contributed by atoms with E-state index in [4.69, 9.17) is 0 Å². The van der Waals surface area contributed by atoms with Crippen molar-refractivity contribution in [2.75, 3.05) is 0 Å². The summed E-state index contributed by atoms with van der Waals surface area (Å²) < 4.78 is 3.51. The van der Waals surface area contributed by atoms with Crippen molar-refractivity contribution in [1.29, 1.82) is 0 Å². The maximum Gasteiger partial charge on any atom is 0.0620 e. The molecule has 0 radical (unpaired) electrons. The lowest BCUT2D eigenvalue weighted by Gasteiger charge is -1.70. The highest BCUT2D eigenvalue weighted by Crippen LogP contribution is 1.78. The van der Waals surface area contributed by atoms with Gasteiger partial charge in [0.2, 0.25) is 0 Å². The molecular weight excluding hydrogens is 218 g/mol. The molecular formula is C12H23N3S. The normalized spacial score (nSPS) is 6.25. The molecule has 0 bridgehead atoms. The molecule has 3 nitrogen and oxygen atoms in total. The Kier molecular flexibility index (Phi) is 29.6. The van der Waals surface area contributed by atoms with E-state index in [0.29, 0.717) is 0 Å². The first-order chi connectivity index (χ1) is 7.50. The Bertz CT molecular complexity index is 202. The average Bonchev–Trinajstić information content (AvgIpc) is 2.95. The molecule has 0 aliphatic rings. The molecule has 2 aromatic heterocycles.